The van der Waals surface area contributed by atoms with Gasteiger partial charge in [-0.05, 0) is 25.2 Å². The van der Waals surface area contributed by atoms with Crippen LogP contribution in [0.3, 0.4) is 0 Å². The molecule has 0 radical (unpaired) electrons. The van der Waals surface area contributed by atoms with Crippen LogP contribution in [0, 0.1) is 0 Å². The monoisotopic (exact) mass is 269 g/mol. The van der Waals surface area contributed by atoms with E-state index in [9.17, 15) is 0 Å². The van der Waals surface area contributed by atoms with E-state index in [0.717, 1.165) is 43.1 Å². The summed E-state index contributed by atoms with van der Waals surface area (Å²) in [5, 5.41) is 0. The number of piperazine rings is 1. The normalized spacial score (nSPS) is 16.4. The molecule has 20 heavy (non-hydrogen) atoms. The minimum Gasteiger partial charge on any atom is -0.397 e. The van der Waals surface area contributed by atoms with E-state index in [0.29, 0.717) is 5.69 Å². The predicted octanol–water partition coefficient (Wildman–Crippen LogP) is 1.48. The Balaban J connectivity index is 1.80. The van der Waals surface area contributed by atoms with Gasteiger partial charge in [-0.3, -0.25) is 4.98 Å². The lowest BCUT2D eigenvalue weighted by atomic mass is 10.1. The summed E-state index contributed by atoms with van der Waals surface area (Å²) in [6.07, 6.45) is 5.31. The summed E-state index contributed by atoms with van der Waals surface area (Å²) >= 11 is 0. The van der Waals surface area contributed by atoms with Crippen LogP contribution in [0.15, 0.2) is 36.8 Å². The summed E-state index contributed by atoms with van der Waals surface area (Å²) in [4.78, 5) is 13.2. The molecule has 0 saturated carbocycles. The van der Waals surface area contributed by atoms with Crippen LogP contribution in [0.4, 0.5) is 11.5 Å². The molecule has 0 amide bonds. The summed E-state index contributed by atoms with van der Waals surface area (Å²) in [6, 6.07) is 6.06. The van der Waals surface area contributed by atoms with E-state index in [1.54, 1.807) is 12.4 Å². The van der Waals surface area contributed by atoms with Crippen LogP contribution in [0.25, 0.3) is 11.1 Å². The van der Waals surface area contributed by atoms with Crippen molar-refractivity contribution in [3.8, 4) is 11.1 Å². The number of hydrogen-bond acceptors (Lipinski definition) is 5. The number of nitrogens with two attached hydrogens (primary N) is 1. The molecule has 1 saturated heterocycles. The molecular formula is C15H19N5. The van der Waals surface area contributed by atoms with E-state index in [2.05, 4.69) is 38.9 Å². The second kappa shape index (κ2) is 5.46. The molecule has 3 rings (SSSR count). The molecule has 3 heterocycles. The van der Waals surface area contributed by atoms with Crippen molar-refractivity contribution in [1.29, 1.82) is 0 Å². The Morgan fingerprint density at radius 1 is 1.05 bits per heavy atom. The minimum absolute atomic E-state index is 0.682. The zero-order valence-electron chi connectivity index (χ0n) is 11.7. The zero-order chi connectivity index (χ0) is 13.9. The molecule has 1 aliphatic heterocycles. The van der Waals surface area contributed by atoms with E-state index in [-0.39, 0.29) is 0 Å². The quantitative estimate of drug-likeness (QED) is 0.895. The summed E-state index contributed by atoms with van der Waals surface area (Å²) in [7, 11) is 2.15. The minimum atomic E-state index is 0.682. The number of aromatic nitrogens is 2. The molecule has 5 nitrogen and oxygen atoms in total. The van der Waals surface area contributed by atoms with Gasteiger partial charge in [-0.15, -0.1) is 0 Å². The average Bonchev–Trinajstić information content (AvgIpc) is 2.49. The fourth-order valence-electron chi connectivity index (χ4n) is 2.44. The maximum atomic E-state index is 5.94. The van der Waals surface area contributed by atoms with Crippen LogP contribution in [0.2, 0.25) is 0 Å². The van der Waals surface area contributed by atoms with Crippen molar-refractivity contribution in [2.24, 2.45) is 0 Å². The van der Waals surface area contributed by atoms with Crippen molar-refractivity contribution in [3.05, 3.63) is 36.8 Å². The SMILES string of the molecule is CN1CCN(c2ccc(-c3ccncc3N)cn2)CC1. The molecule has 5 heteroatoms. The van der Waals surface area contributed by atoms with Gasteiger partial charge in [-0.25, -0.2) is 4.98 Å². The Hall–Kier alpha value is -2.14. The van der Waals surface area contributed by atoms with Crippen molar-refractivity contribution in [2.75, 3.05) is 43.9 Å². The maximum absolute atomic E-state index is 5.94. The van der Waals surface area contributed by atoms with E-state index in [1.165, 1.54) is 0 Å². The summed E-state index contributed by atoms with van der Waals surface area (Å²) in [5.41, 5.74) is 8.64. The van der Waals surface area contributed by atoms with Gasteiger partial charge in [0.1, 0.15) is 5.82 Å². The Labute approximate surface area is 119 Å². The van der Waals surface area contributed by atoms with E-state index < -0.39 is 0 Å². The Morgan fingerprint density at radius 2 is 1.85 bits per heavy atom. The van der Waals surface area contributed by atoms with Crippen LogP contribution in [-0.2, 0) is 0 Å². The number of hydrogen-bond donors (Lipinski definition) is 1. The Bertz CT molecular complexity index is 573. The molecule has 0 aliphatic carbocycles. The van der Waals surface area contributed by atoms with Gasteiger partial charge < -0.3 is 15.5 Å². The van der Waals surface area contributed by atoms with E-state index in [1.807, 2.05) is 12.3 Å². The average molecular weight is 269 g/mol. The number of likely N-dealkylation sites (N-methyl/N-ethyl adjacent to an activating group) is 1. The molecule has 1 fully saturated rings. The molecule has 2 N–H and O–H groups in total. The van der Waals surface area contributed by atoms with Crippen molar-refractivity contribution in [2.45, 2.75) is 0 Å². The molecule has 0 aromatic carbocycles. The topological polar surface area (TPSA) is 58.3 Å². The molecule has 0 spiro atoms. The fraction of sp³-hybridized carbons (Fsp3) is 0.333. The van der Waals surface area contributed by atoms with Crippen molar-refractivity contribution in [1.82, 2.24) is 14.9 Å². The first kappa shape index (κ1) is 12.9. The van der Waals surface area contributed by atoms with Gasteiger partial charge in [0, 0.05) is 49.7 Å². The largest absolute Gasteiger partial charge is 0.397 e. The summed E-state index contributed by atoms with van der Waals surface area (Å²) in [6.45, 7) is 4.22. The van der Waals surface area contributed by atoms with Gasteiger partial charge in [-0.1, -0.05) is 0 Å². The van der Waals surface area contributed by atoms with Crippen LogP contribution < -0.4 is 10.6 Å². The lowest BCUT2D eigenvalue weighted by Gasteiger charge is -2.33. The van der Waals surface area contributed by atoms with Gasteiger partial charge in [0.25, 0.3) is 0 Å². The molecule has 0 unspecified atom stereocenters. The Kier molecular flexibility index (Phi) is 3.52. The van der Waals surface area contributed by atoms with Crippen molar-refractivity contribution in [3.63, 3.8) is 0 Å². The summed E-state index contributed by atoms with van der Waals surface area (Å²) in [5.74, 6) is 1.04. The lowest BCUT2D eigenvalue weighted by molar-refractivity contribution is 0.312. The predicted molar refractivity (Wildman–Crippen MR) is 81.6 cm³/mol. The van der Waals surface area contributed by atoms with Gasteiger partial charge in [0.15, 0.2) is 0 Å². The molecule has 0 atom stereocenters. The highest BCUT2D eigenvalue weighted by atomic mass is 15.3. The molecular weight excluding hydrogens is 250 g/mol. The first-order chi connectivity index (χ1) is 9.74. The third kappa shape index (κ3) is 2.58. The summed E-state index contributed by atoms with van der Waals surface area (Å²) < 4.78 is 0. The number of nitrogens with zero attached hydrogens (tertiary/aromatic N) is 4. The second-order valence-corrected chi connectivity index (χ2v) is 5.16. The smallest absolute Gasteiger partial charge is 0.128 e. The van der Waals surface area contributed by atoms with Crippen LogP contribution >= 0.6 is 0 Å². The van der Waals surface area contributed by atoms with Gasteiger partial charge in [-0.2, -0.15) is 0 Å². The number of anilines is 2. The Morgan fingerprint density at radius 3 is 2.50 bits per heavy atom. The number of pyridine rings is 2. The third-order valence-electron chi connectivity index (χ3n) is 3.74. The van der Waals surface area contributed by atoms with Crippen LogP contribution in [0.1, 0.15) is 0 Å². The maximum Gasteiger partial charge on any atom is 0.128 e. The van der Waals surface area contributed by atoms with Gasteiger partial charge in [0.05, 0.1) is 11.9 Å². The van der Waals surface area contributed by atoms with E-state index in [4.69, 9.17) is 5.73 Å². The molecule has 0 bridgehead atoms. The zero-order valence-corrected chi connectivity index (χ0v) is 11.7. The van der Waals surface area contributed by atoms with Crippen LogP contribution in [0.5, 0.6) is 0 Å². The second-order valence-electron chi connectivity index (χ2n) is 5.16. The van der Waals surface area contributed by atoms with Crippen LogP contribution in [-0.4, -0.2) is 48.1 Å². The third-order valence-corrected chi connectivity index (χ3v) is 3.74. The fourth-order valence-corrected chi connectivity index (χ4v) is 2.44. The highest BCUT2D eigenvalue weighted by Gasteiger charge is 2.15. The first-order valence-corrected chi connectivity index (χ1v) is 6.83. The van der Waals surface area contributed by atoms with E-state index >= 15 is 0 Å². The highest BCUT2D eigenvalue weighted by Crippen LogP contribution is 2.25. The lowest BCUT2D eigenvalue weighted by Crippen LogP contribution is -2.44. The molecule has 2 aromatic rings. The standard InChI is InChI=1S/C15H19N5/c1-19-6-8-20(9-7-19)15-3-2-12(10-18-15)13-4-5-17-11-14(13)16/h2-5,10-11H,6-9,16H2,1H3. The molecule has 104 valence electrons. The number of nitrogen functional groups attached to an aromatic ring is 1. The van der Waals surface area contributed by atoms with Crippen molar-refractivity contribution < 1.29 is 0 Å². The molecule has 2 aromatic heterocycles. The first-order valence-electron chi connectivity index (χ1n) is 6.83. The highest BCUT2D eigenvalue weighted by molar-refractivity contribution is 5.75. The van der Waals surface area contributed by atoms with Gasteiger partial charge >= 0.3 is 0 Å². The van der Waals surface area contributed by atoms with Gasteiger partial charge in [0.2, 0.25) is 0 Å². The molecule has 1 aliphatic rings. The van der Waals surface area contributed by atoms with Crippen molar-refractivity contribution >= 4 is 11.5 Å². The number of rotatable bonds is 2.